The number of benzene rings is 2. The molecule has 0 aliphatic carbocycles. The van der Waals surface area contributed by atoms with Crippen molar-refractivity contribution in [2.75, 3.05) is 11.9 Å². The van der Waals surface area contributed by atoms with Crippen molar-refractivity contribution in [3.05, 3.63) is 52.8 Å². The van der Waals surface area contributed by atoms with E-state index in [0.29, 0.717) is 35.9 Å². The summed E-state index contributed by atoms with van der Waals surface area (Å²) in [5, 5.41) is 11.6. The highest BCUT2D eigenvalue weighted by molar-refractivity contribution is 9.10. The number of para-hydroxylation sites is 1. The summed E-state index contributed by atoms with van der Waals surface area (Å²) in [7, 11) is 0. The molecule has 1 aliphatic heterocycles. The summed E-state index contributed by atoms with van der Waals surface area (Å²) < 4.78 is 15.8. The van der Waals surface area contributed by atoms with Gasteiger partial charge >= 0.3 is 0 Å². The van der Waals surface area contributed by atoms with Gasteiger partial charge in [0, 0.05) is 22.0 Å². The van der Waals surface area contributed by atoms with Gasteiger partial charge in [-0.3, -0.25) is 4.79 Å². The Morgan fingerprint density at radius 1 is 1.13 bits per heavy atom. The molecule has 3 heterocycles. The molecule has 2 N–H and O–H groups in total. The first-order valence-electron chi connectivity index (χ1n) is 9.75. The average Bonchev–Trinajstić information content (AvgIpc) is 3.10. The molecular formula is C21H18BrFN6O. The van der Waals surface area contributed by atoms with E-state index >= 15 is 0 Å². The molecular weight excluding hydrogens is 451 g/mol. The van der Waals surface area contributed by atoms with Crippen LogP contribution < -0.4 is 10.6 Å². The molecule has 2 aromatic heterocycles. The van der Waals surface area contributed by atoms with Crippen molar-refractivity contribution in [1.29, 1.82) is 0 Å². The van der Waals surface area contributed by atoms with Crippen molar-refractivity contribution in [3.63, 3.8) is 0 Å². The SMILES string of the molecule is O=C1NCCCC[C@H]1Nc1nc2c(Br)cccc2c2nc(-c3ccc(F)cc3)nn12. The van der Waals surface area contributed by atoms with Gasteiger partial charge in [-0.2, -0.15) is 4.52 Å². The van der Waals surface area contributed by atoms with Crippen LogP contribution in [0.2, 0.25) is 0 Å². The topological polar surface area (TPSA) is 84.2 Å². The monoisotopic (exact) mass is 468 g/mol. The fourth-order valence-electron chi connectivity index (χ4n) is 3.64. The number of fused-ring (bicyclic) bond motifs is 3. The predicted molar refractivity (Wildman–Crippen MR) is 116 cm³/mol. The maximum atomic E-state index is 13.3. The number of aromatic nitrogens is 4. The Hall–Kier alpha value is -3.07. The van der Waals surface area contributed by atoms with Gasteiger partial charge in [0.1, 0.15) is 11.9 Å². The first kappa shape index (κ1) is 18.9. The summed E-state index contributed by atoms with van der Waals surface area (Å²) in [4.78, 5) is 21.9. The summed E-state index contributed by atoms with van der Waals surface area (Å²) in [6, 6.07) is 11.4. The Morgan fingerprint density at radius 2 is 1.97 bits per heavy atom. The van der Waals surface area contributed by atoms with Gasteiger partial charge in [-0.15, -0.1) is 5.10 Å². The standard InChI is InChI=1S/C21H18BrFN6O/c22-15-5-3-4-14-17(15)26-21(25-16-6-1-2-11-24-20(16)30)29-19(14)27-18(28-29)12-7-9-13(23)10-8-12/h3-5,7-10,16H,1-2,6,11H2,(H,24,30)(H,25,26)/t16-/m1/s1. The van der Waals surface area contributed by atoms with Gasteiger partial charge < -0.3 is 10.6 Å². The second-order valence-electron chi connectivity index (χ2n) is 7.23. The second-order valence-corrected chi connectivity index (χ2v) is 8.09. The van der Waals surface area contributed by atoms with E-state index in [1.165, 1.54) is 12.1 Å². The zero-order valence-corrected chi connectivity index (χ0v) is 17.5. The molecule has 0 radical (unpaired) electrons. The van der Waals surface area contributed by atoms with Gasteiger partial charge in [0.05, 0.1) is 5.52 Å². The van der Waals surface area contributed by atoms with Gasteiger partial charge in [0.2, 0.25) is 11.9 Å². The maximum absolute atomic E-state index is 13.3. The van der Waals surface area contributed by atoms with Crippen LogP contribution in [0.4, 0.5) is 10.3 Å². The van der Waals surface area contributed by atoms with Crippen molar-refractivity contribution in [1.82, 2.24) is 24.9 Å². The molecule has 9 heteroatoms. The Morgan fingerprint density at radius 3 is 2.80 bits per heavy atom. The minimum atomic E-state index is -0.401. The van der Waals surface area contributed by atoms with Crippen LogP contribution in [0.15, 0.2) is 46.9 Å². The summed E-state index contributed by atoms with van der Waals surface area (Å²) >= 11 is 3.56. The largest absolute Gasteiger partial charge is 0.354 e. The van der Waals surface area contributed by atoms with E-state index in [2.05, 4.69) is 31.7 Å². The molecule has 2 aromatic carbocycles. The molecule has 5 rings (SSSR count). The number of rotatable bonds is 3. The van der Waals surface area contributed by atoms with Gasteiger partial charge in [0.15, 0.2) is 11.5 Å². The van der Waals surface area contributed by atoms with E-state index in [1.807, 2.05) is 18.2 Å². The van der Waals surface area contributed by atoms with Crippen LogP contribution in [0.3, 0.4) is 0 Å². The Bertz CT molecular complexity index is 1260. The molecule has 1 amide bonds. The van der Waals surface area contributed by atoms with Crippen LogP contribution in [0, 0.1) is 5.82 Å². The predicted octanol–water partition coefficient (Wildman–Crippen LogP) is 3.93. The van der Waals surface area contributed by atoms with Crippen molar-refractivity contribution >= 4 is 44.3 Å². The van der Waals surface area contributed by atoms with E-state index in [4.69, 9.17) is 9.97 Å². The molecule has 0 saturated carbocycles. The van der Waals surface area contributed by atoms with Crippen LogP contribution in [0.25, 0.3) is 27.9 Å². The third kappa shape index (κ3) is 3.39. The second kappa shape index (κ2) is 7.64. The fourth-order valence-corrected chi connectivity index (χ4v) is 4.10. The number of nitrogens with one attached hydrogen (secondary N) is 2. The summed E-state index contributed by atoms with van der Waals surface area (Å²) in [6.45, 7) is 0.682. The molecule has 0 bridgehead atoms. The third-order valence-corrected chi connectivity index (χ3v) is 5.83. The minimum absolute atomic E-state index is 0.0476. The first-order valence-corrected chi connectivity index (χ1v) is 10.5. The van der Waals surface area contributed by atoms with E-state index in [0.717, 1.165) is 28.2 Å². The van der Waals surface area contributed by atoms with Crippen molar-refractivity contribution < 1.29 is 9.18 Å². The van der Waals surface area contributed by atoms with Gasteiger partial charge in [-0.25, -0.2) is 14.4 Å². The highest BCUT2D eigenvalue weighted by atomic mass is 79.9. The number of hydrogen-bond donors (Lipinski definition) is 2. The van der Waals surface area contributed by atoms with Crippen molar-refractivity contribution in [2.24, 2.45) is 0 Å². The summed E-state index contributed by atoms with van der Waals surface area (Å²) in [5.74, 6) is 0.527. The van der Waals surface area contributed by atoms with Crippen LogP contribution >= 0.6 is 15.9 Å². The normalized spacial score (nSPS) is 17.1. The third-order valence-electron chi connectivity index (χ3n) is 5.19. The highest BCUT2D eigenvalue weighted by Gasteiger charge is 2.23. The average molecular weight is 469 g/mol. The lowest BCUT2D eigenvalue weighted by Gasteiger charge is -2.17. The molecule has 4 aromatic rings. The number of nitrogens with zero attached hydrogens (tertiary/aromatic N) is 4. The van der Waals surface area contributed by atoms with Gasteiger partial charge in [0.25, 0.3) is 0 Å². The number of carbonyl (C=O) groups excluding carboxylic acids is 1. The number of carbonyl (C=O) groups is 1. The van der Waals surface area contributed by atoms with E-state index in [1.54, 1.807) is 16.6 Å². The van der Waals surface area contributed by atoms with Crippen LogP contribution in [0.1, 0.15) is 19.3 Å². The van der Waals surface area contributed by atoms with Crippen LogP contribution in [-0.2, 0) is 4.79 Å². The number of halogens is 2. The lowest BCUT2D eigenvalue weighted by molar-refractivity contribution is -0.121. The molecule has 1 atom stereocenters. The van der Waals surface area contributed by atoms with Crippen LogP contribution in [-0.4, -0.2) is 38.1 Å². The quantitative estimate of drug-likeness (QED) is 0.475. The maximum Gasteiger partial charge on any atom is 0.242 e. The van der Waals surface area contributed by atoms with E-state index in [-0.39, 0.29) is 11.7 Å². The van der Waals surface area contributed by atoms with Crippen molar-refractivity contribution in [2.45, 2.75) is 25.3 Å². The minimum Gasteiger partial charge on any atom is -0.354 e. The summed E-state index contributed by atoms with van der Waals surface area (Å²) in [6.07, 6.45) is 2.60. The Labute approximate surface area is 179 Å². The van der Waals surface area contributed by atoms with Gasteiger partial charge in [-0.1, -0.05) is 6.07 Å². The number of anilines is 1. The number of amides is 1. The molecule has 7 nitrogen and oxygen atoms in total. The molecule has 30 heavy (non-hydrogen) atoms. The Balaban J connectivity index is 1.68. The Kier molecular flexibility index (Phi) is 4.82. The smallest absolute Gasteiger partial charge is 0.242 e. The lowest BCUT2D eigenvalue weighted by atomic mass is 10.1. The molecule has 0 spiro atoms. The summed E-state index contributed by atoms with van der Waals surface area (Å²) in [5.41, 5.74) is 2.03. The molecule has 152 valence electrons. The molecule has 1 aliphatic rings. The zero-order chi connectivity index (χ0) is 20.7. The lowest BCUT2D eigenvalue weighted by Crippen LogP contribution is -2.38. The van der Waals surface area contributed by atoms with Crippen molar-refractivity contribution in [3.8, 4) is 11.4 Å². The van der Waals surface area contributed by atoms with E-state index < -0.39 is 6.04 Å². The zero-order valence-electron chi connectivity index (χ0n) is 15.9. The van der Waals surface area contributed by atoms with E-state index in [9.17, 15) is 9.18 Å². The van der Waals surface area contributed by atoms with Crippen LogP contribution in [0.5, 0.6) is 0 Å². The fraction of sp³-hybridized carbons (Fsp3) is 0.238. The molecule has 1 fully saturated rings. The first-order chi connectivity index (χ1) is 14.6. The molecule has 0 unspecified atom stereocenters. The highest BCUT2D eigenvalue weighted by Crippen LogP contribution is 2.29. The molecule has 1 saturated heterocycles. The number of hydrogen-bond acceptors (Lipinski definition) is 5. The van der Waals surface area contributed by atoms with Gasteiger partial charge in [-0.05, 0) is 71.6 Å².